The van der Waals surface area contributed by atoms with E-state index >= 15 is 0 Å². The van der Waals surface area contributed by atoms with Crippen LogP contribution in [0.1, 0.15) is 13.3 Å². The minimum atomic E-state index is 1.07. The molecule has 1 heteroatoms. The second kappa shape index (κ2) is 3.52. The zero-order chi connectivity index (χ0) is 3.41. The first-order valence-electron chi connectivity index (χ1n) is 1.46. The molecule has 0 bridgehead atoms. The fraction of sp³-hybridized carbons (Fsp3) is 1.00. The van der Waals surface area contributed by atoms with Crippen molar-refractivity contribution < 1.29 is 16.0 Å². The van der Waals surface area contributed by atoms with E-state index in [0.29, 0.717) is 0 Å². The Labute approximate surface area is 35.4 Å². The van der Waals surface area contributed by atoms with Crippen LogP contribution in [-0.4, -0.2) is 0 Å². The Morgan fingerprint density at radius 3 is 2.00 bits per heavy atom. The Morgan fingerprint density at radius 2 is 2.00 bits per heavy atom. The number of hydrogen-bond donors (Lipinski definition) is 0. The first-order chi connectivity index (χ1) is 1.91. The molecule has 0 amide bonds. The van der Waals surface area contributed by atoms with Crippen LogP contribution in [0.15, 0.2) is 0 Å². The Morgan fingerprint density at radius 1 is 1.75 bits per heavy atom. The minimum absolute atomic E-state index is 1.07. The molecule has 27 valence electrons. The summed E-state index contributed by atoms with van der Waals surface area (Å²) in [5, 5.41) is 1.07. The van der Waals surface area contributed by atoms with Gasteiger partial charge >= 0.3 is 34.7 Å². The van der Waals surface area contributed by atoms with Crippen LogP contribution in [0.2, 0.25) is 5.32 Å². The molecule has 0 spiro atoms. The fourth-order valence-corrected chi connectivity index (χ4v) is 0. The SMILES string of the molecule is CC[CH2][Fe]. The van der Waals surface area contributed by atoms with Crippen molar-refractivity contribution in [1.82, 2.24) is 0 Å². The molecule has 0 unspecified atom stereocenters. The summed E-state index contributed by atoms with van der Waals surface area (Å²) < 4.78 is 0. The normalized spacial score (nSPS) is 7.50. The maximum atomic E-state index is 3.60. The number of hydrogen-bond acceptors (Lipinski definition) is 0. The monoisotopic (exact) mass is 99.0 g/mol. The predicted octanol–water partition coefficient (Wildman–Crippen LogP) is 1.36. The molecule has 0 radical (unpaired) electrons. The van der Waals surface area contributed by atoms with Crippen molar-refractivity contribution >= 4 is 0 Å². The Kier molecular flexibility index (Phi) is 3.98. The van der Waals surface area contributed by atoms with Crippen molar-refractivity contribution in [2.24, 2.45) is 0 Å². The van der Waals surface area contributed by atoms with E-state index in [1.165, 1.54) is 6.42 Å². The van der Waals surface area contributed by atoms with Gasteiger partial charge in [-0.2, -0.15) is 0 Å². The molecule has 0 atom stereocenters. The Balaban J connectivity index is 1.97. The van der Waals surface area contributed by atoms with Crippen molar-refractivity contribution in [3.05, 3.63) is 0 Å². The van der Waals surface area contributed by atoms with Gasteiger partial charge in [0.15, 0.2) is 0 Å². The van der Waals surface area contributed by atoms with Crippen molar-refractivity contribution in [3.8, 4) is 0 Å². The standard InChI is InChI=1S/C3H7.Fe/c1-3-2;/h1,3H2,2H3;. The summed E-state index contributed by atoms with van der Waals surface area (Å²) in [6.45, 7) is 2.12. The van der Waals surface area contributed by atoms with Gasteiger partial charge < -0.3 is 0 Å². The second-order valence-electron chi connectivity index (χ2n) is 0.677. The van der Waals surface area contributed by atoms with Gasteiger partial charge in [-0.25, -0.2) is 0 Å². The van der Waals surface area contributed by atoms with E-state index in [1.807, 2.05) is 0 Å². The van der Waals surface area contributed by atoms with Gasteiger partial charge in [0.05, 0.1) is 0 Å². The molecule has 0 aliphatic rings. The van der Waals surface area contributed by atoms with Gasteiger partial charge in [-0.15, -0.1) is 0 Å². The topological polar surface area (TPSA) is 0 Å². The quantitative estimate of drug-likeness (QED) is 0.435. The van der Waals surface area contributed by atoms with Gasteiger partial charge in [-0.1, -0.05) is 0 Å². The van der Waals surface area contributed by atoms with E-state index in [9.17, 15) is 0 Å². The first-order valence-corrected chi connectivity index (χ1v) is 2.24. The van der Waals surface area contributed by atoms with E-state index < -0.39 is 0 Å². The maximum absolute atomic E-state index is 3.60. The van der Waals surface area contributed by atoms with E-state index in [-0.39, 0.29) is 0 Å². The van der Waals surface area contributed by atoms with Gasteiger partial charge in [0.25, 0.3) is 0 Å². The molecule has 0 nitrogen and oxygen atoms in total. The molecule has 0 rings (SSSR count). The molecule has 0 aliphatic carbocycles. The van der Waals surface area contributed by atoms with Gasteiger partial charge in [-0.05, 0) is 0 Å². The molecule has 0 N–H and O–H groups in total. The van der Waals surface area contributed by atoms with Crippen LogP contribution < -0.4 is 0 Å². The summed E-state index contributed by atoms with van der Waals surface area (Å²) in [6, 6.07) is 0. The van der Waals surface area contributed by atoms with Gasteiger partial charge in [0.2, 0.25) is 0 Å². The molecule has 0 aliphatic heterocycles. The molecule has 0 heterocycles. The van der Waals surface area contributed by atoms with Crippen LogP contribution in [-0.2, 0) is 16.0 Å². The average molecular weight is 98.9 g/mol. The molecule has 0 aromatic rings. The van der Waals surface area contributed by atoms with E-state index in [2.05, 4.69) is 22.9 Å². The Hall–Kier alpha value is 0.519. The summed E-state index contributed by atoms with van der Waals surface area (Å²) in [5.41, 5.74) is 0. The molecule has 0 aromatic carbocycles. The zero-order valence-electron chi connectivity index (χ0n) is 2.77. The van der Waals surface area contributed by atoms with Crippen molar-refractivity contribution in [1.29, 1.82) is 0 Å². The van der Waals surface area contributed by atoms with Crippen LogP contribution in [0.25, 0.3) is 0 Å². The van der Waals surface area contributed by atoms with Gasteiger partial charge in [0, 0.05) is 0 Å². The van der Waals surface area contributed by atoms with Gasteiger partial charge in [-0.3, -0.25) is 0 Å². The number of rotatable bonds is 1. The summed E-state index contributed by atoms with van der Waals surface area (Å²) in [7, 11) is 0. The van der Waals surface area contributed by atoms with E-state index in [4.69, 9.17) is 0 Å². The average Bonchev–Trinajstić information content (AvgIpc) is 1.37. The molecule has 0 saturated heterocycles. The van der Waals surface area contributed by atoms with Crippen LogP contribution >= 0.6 is 0 Å². The third-order valence-corrected chi connectivity index (χ3v) is 0.729. The fourth-order valence-electron chi connectivity index (χ4n) is 0. The van der Waals surface area contributed by atoms with Crippen LogP contribution in [0.5, 0.6) is 0 Å². The van der Waals surface area contributed by atoms with Crippen molar-refractivity contribution in [3.63, 3.8) is 0 Å². The van der Waals surface area contributed by atoms with Crippen LogP contribution in [0.3, 0.4) is 0 Å². The van der Waals surface area contributed by atoms with Crippen molar-refractivity contribution in [2.75, 3.05) is 0 Å². The molecule has 4 heavy (non-hydrogen) atoms. The van der Waals surface area contributed by atoms with Crippen LogP contribution in [0, 0.1) is 0 Å². The van der Waals surface area contributed by atoms with Gasteiger partial charge in [0.1, 0.15) is 0 Å². The summed E-state index contributed by atoms with van der Waals surface area (Å²) in [4.78, 5) is 0. The third-order valence-electron chi connectivity index (χ3n) is 0.177. The molecular weight excluding hydrogens is 91.9 g/mol. The zero-order valence-corrected chi connectivity index (χ0v) is 3.87. The Bertz CT molecular complexity index is 5.25. The van der Waals surface area contributed by atoms with E-state index in [1.54, 1.807) is 0 Å². The van der Waals surface area contributed by atoms with Crippen LogP contribution in [0.4, 0.5) is 0 Å². The molecule has 0 fully saturated rings. The van der Waals surface area contributed by atoms with Crippen molar-refractivity contribution in [2.45, 2.75) is 18.7 Å². The molecular formula is C3H7Fe. The molecule has 0 aromatic heterocycles. The molecule has 0 saturated carbocycles. The summed E-state index contributed by atoms with van der Waals surface area (Å²) in [5.74, 6) is 0. The summed E-state index contributed by atoms with van der Waals surface area (Å²) >= 11 is 3.60. The third kappa shape index (κ3) is 2.52. The second-order valence-corrected chi connectivity index (χ2v) is 1.23. The van der Waals surface area contributed by atoms with E-state index in [0.717, 1.165) is 5.32 Å². The first kappa shape index (κ1) is 4.52. The predicted molar refractivity (Wildman–Crippen MR) is 15.1 cm³/mol. The summed E-state index contributed by atoms with van der Waals surface area (Å²) in [6.07, 6.45) is 1.21.